The van der Waals surface area contributed by atoms with E-state index in [0.717, 1.165) is 44.9 Å². The van der Waals surface area contributed by atoms with Crippen LogP contribution in [0.5, 0.6) is 0 Å². The average Bonchev–Trinajstić information content (AvgIpc) is 3.17. The Morgan fingerprint density at radius 2 is 0.741 bits per heavy atom. The zero-order chi connectivity index (χ0) is 39.3. The lowest BCUT2D eigenvalue weighted by molar-refractivity contribution is -0.163. The first-order valence-corrected chi connectivity index (χ1v) is 23.9. The molecule has 0 fully saturated rings. The molecule has 318 valence electrons. The second-order valence-corrected chi connectivity index (χ2v) is 16.0. The molecule has 1 unspecified atom stereocenters. The van der Waals surface area contributed by atoms with E-state index in [0.29, 0.717) is 19.4 Å². The molecular weight excluding hydrogens is 669 g/mol. The molecule has 0 saturated heterocycles. The van der Waals surface area contributed by atoms with Crippen molar-refractivity contribution >= 4 is 11.9 Å². The molecular formula is C49H92O5. The van der Waals surface area contributed by atoms with Crippen LogP contribution in [0.15, 0.2) is 24.3 Å². The first kappa shape index (κ1) is 52.4. The predicted molar refractivity (Wildman–Crippen MR) is 233 cm³/mol. The molecule has 0 aromatic rings. The minimum Gasteiger partial charge on any atom is -0.462 e. The van der Waals surface area contributed by atoms with Crippen molar-refractivity contribution in [1.29, 1.82) is 0 Å². The van der Waals surface area contributed by atoms with Crippen LogP contribution < -0.4 is 0 Å². The summed E-state index contributed by atoms with van der Waals surface area (Å²) in [5, 5.41) is 0. The van der Waals surface area contributed by atoms with Gasteiger partial charge in [-0.2, -0.15) is 0 Å². The maximum Gasteiger partial charge on any atom is 0.306 e. The number of carbonyl (C=O) groups excluding carboxylic acids is 2. The Morgan fingerprint density at radius 1 is 0.389 bits per heavy atom. The number of carbonyl (C=O) groups is 2. The summed E-state index contributed by atoms with van der Waals surface area (Å²) in [6.07, 6.45) is 51.7. The van der Waals surface area contributed by atoms with Gasteiger partial charge in [0.1, 0.15) is 6.61 Å². The lowest BCUT2D eigenvalue weighted by Gasteiger charge is -2.18. The molecule has 0 saturated carbocycles. The Hall–Kier alpha value is -1.62. The lowest BCUT2D eigenvalue weighted by Crippen LogP contribution is -2.30. The summed E-state index contributed by atoms with van der Waals surface area (Å²) in [6, 6.07) is 0. The number of ether oxygens (including phenoxy) is 3. The monoisotopic (exact) mass is 761 g/mol. The number of hydrogen-bond acceptors (Lipinski definition) is 5. The molecule has 54 heavy (non-hydrogen) atoms. The second kappa shape index (κ2) is 45.8. The third-order valence-electron chi connectivity index (χ3n) is 10.5. The van der Waals surface area contributed by atoms with Crippen molar-refractivity contribution in [1.82, 2.24) is 0 Å². The summed E-state index contributed by atoms with van der Waals surface area (Å²) in [5.74, 6) is -0.402. The van der Waals surface area contributed by atoms with Gasteiger partial charge < -0.3 is 14.2 Å². The van der Waals surface area contributed by atoms with Gasteiger partial charge in [0.15, 0.2) is 6.10 Å². The van der Waals surface area contributed by atoms with E-state index in [2.05, 4.69) is 45.1 Å². The minimum absolute atomic E-state index is 0.0851. The minimum atomic E-state index is -0.533. The van der Waals surface area contributed by atoms with Crippen molar-refractivity contribution in [2.75, 3.05) is 19.8 Å². The van der Waals surface area contributed by atoms with E-state index in [-0.39, 0.29) is 25.2 Å². The maximum absolute atomic E-state index is 12.7. The van der Waals surface area contributed by atoms with Crippen molar-refractivity contribution in [2.45, 2.75) is 258 Å². The maximum atomic E-state index is 12.7. The Bertz CT molecular complexity index is 821. The molecule has 1 atom stereocenters. The highest BCUT2D eigenvalue weighted by Gasteiger charge is 2.17. The molecule has 0 aliphatic rings. The summed E-state index contributed by atoms with van der Waals surface area (Å²) < 4.78 is 17.3. The van der Waals surface area contributed by atoms with Crippen molar-refractivity contribution in [3.8, 4) is 0 Å². The molecule has 0 rings (SSSR count). The highest BCUT2D eigenvalue weighted by atomic mass is 16.6. The first-order valence-electron chi connectivity index (χ1n) is 23.9. The molecule has 0 N–H and O–H groups in total. The third-order valence-corrected chi connectivity index (χ3v) is 10.5. The van der Waals surface area contributed by atoms with Gasteiger partial charge in [-0.3, -0.25) is 9.59 Å². The van der Waals surface area contributed by atoms with E-state index >= 15 is 0 Å². The summed E-state index contributed by atoms with van der Waals surface area (Å²) in [6.45, 7) is 7.80. The van der Waals surface area contributed by atoms with Gasteiger partial charge in [0.2, 0.25) is 0 Å². The highest BCUT2D eigenvalue weighted by Crippen LogP contribution is 2.14. The van der Waals surface area contributed by atoms with Crippen molar-refractivity contribution in [2.24, 2.45) is 0 Å². The topological polar surface area (TPSA) is 61.8 Å². The zero-order valence-corrected chi connectivity index (χ0v) is 36.5. The quantitative estimate of drug-likeness (QED) is 0.0352. The van der Waals surface area contributed by atoms with Crippen LogP contribution >= 0.6 is 0 Å². The zero-order valence-electron chi connectivity index (χ0n) is 36.5. The highest BCUT2D eigenvalue weighted by molar-refractivity contribution is 5.70. The molecule has 5 heteroatoms. The van der Waals surface area contributed by atoms with Crippen molar-refractivity contribution in [3.63, 3.8) is 0 Å². The number of esters is 2. The molecule has 0 spiro atoms. The van der Waals surface area contributed by atoms with Gasteiger partial charge in [0, 0.05) is 19.4 Å². The van der Waals surface area contributed by atoms with Crippen LogP contribution in [0.4, 0.5) is 0 Å². The molecule has 0 aromatic carbocycles. The average molecular weight is 761 g/mol. The predicted octanol–water partition coefficient (Wildman–Crippen LogP) is 15.7. The largest absolute Gasteiger partial charge is 0.462 e. The molecule has 0 aliphatic carbocycles. The van der Waals surface area contributed by atoms with Gasteiger partial charge in [0.25, 0.3) is 0 Å². The SMILES string of the molecule is CCCC/C=C\CCCCCCCC(=O)OC(COCCCCCCCCCCCC)COC(=O)CCCCCCCCC/C=C\CCCCCCCC. The van der Waals surface area contributed by atoms with Gasteiger partial charge in [-0.1, -0.05) is 199 Å². The van der Waals surface area contributed by atoms with Crippen LogP contribution in [0, 0.1) is 0 Å². The van der Waals surface area contributed by atoms with Crippen molar-refractivity contribution < 1.29 is 23.8 Å². The molecule has 5 nitrogen and oxygen atoms in total. The normalized spacial score (nSPS) is 12.3. The lowest BCUT2D eigenvalue weighted by atomic mass is 10.1. The van der Waals surface area contributed by atoms with E-state index in [9.17, 15) is 9.59 Å². The van der Waals surface area contributed by atoms with E-state index in [1.165, 1.54) is 173 Å². The van der Waals surface area contributed by atoms with E-state index in [4.69, 9.17) is 14.2 Å². The van der Waals surface area contributed by atoms with Crippen LogP contribution in [-0.4, -0.2) is 37.9 Å². The van der Waals surface area contributed by atoms with Crippen LogP contribution in [0.25, 0.3) is 0 Å². The van der Waals surface area contributed by atoms with Crippen LogP contribution in [-0.2, 0) is 23.8 Å². The van der Waals surface area contributed by atoms with Gasteiger partial charge in [-0.05, 0) is 64.2 Å². The molecule has 0 radical (unpaired) electrons. The number of unbranched alkanes of at least 4 members (excludes halogenated alkanes) is 29. The van der Waals surface area contributed by atoms with Crippen LogP contribution in [0.1, 0.15) is 252 Å². The summed E-state index contributed by atoms with van der Waals surface area (Å²) in [5.41, 5.74) is 0. The standard InChI is InChI=1S/C49H92O5/c1-4-7-10-13-16-19-22-23-24-25-26-27-29-30-33-36-39-42-48(50)53-46-47(45-52-44-41-38-35-32-21-18-15-12-9-6-3)54-49(51)43-40-37-34-31-28-20-17-14-11-8-5-2/h14,17,23-24,47H,4-13,15-16,18-22,25-46H2,1-3H3/b17-14-,24-23-. The fourth-order valence-corrected chi connectivity index (χ4v) is 6.84. The third kappa shape index (κ3) is 43.1. The van der Waals surface area contributed by atoms with Crippen LogP contribution in [0.2, 0.25) is 0 Å². The fourth-order valence-electron chi connectivity index (χ4n) is 6.84. The number of hydrogen-bond donors (Lipinski definition) is 0. The van der Waals surface area contributed by atoms with Crippen LogP contribution in [0.3, 0.4) is 0 Å². The number of allylic oxidation sites excluding steroid dienone is 4. The Labute approximate surface area is 337 Å². The molecule has 0 aliphatic heterocycles. The van der Waals surface area contributed by atoms with E-state index in [1.54, 1.807) is 0 Å². The second-order valence-electron chi connectivity index (χ2n) is 16.0. The summed E-state index contributed by atoms with van der Waals surface area (Å²) in [7, 11) is 0. The van der Waals surface area contributed by atoms with E-state index in [1.807, 2.05) is 0 Å². The van der Waals surface area contributed by atoms with Gasteiger partial charge in [-0.15, -0.1) is 0 Å². The summed E-state index contributed by atoms with van der Waals surface area (Å²) in [4.78, 5) is 25.2. The van der Waals surface area contributed by atoms with Gasteiger partial charge >= 0.3 is 11.9 Å². The molecule has 0 heterocycles. The van der Waals surface area contributed by atoms with Gasteiger partial charge in [0.05, 0.1) is 6.61 Å². The van der Waals surface area contributed by atoms with E-state index < -0.39 is 6.10 Å². The first-order chi connectivity index (χ1) is 26.6. The Morgan fingerprint density at radius 3 is 1.19 bits per heavy atom. The Kier molecular flexibility index (Phi) is 44.4. The summed E-state index contributed by atoms with van der Waals surface area (Å²) >= 11 is 0. The molecule has 0 amide bonds. The number of rotatable bonds is 44. The Balaban J connectivity index is 4.18. The van der Waals surface area contributed by atoms with Gasteiger partial charge in [-0.25, -0.2) is 0 Å². The molecule has 0 aromatic heterocycles. The van der Waals surface area contributed by atoms with Crippen molar-refractivity contribution in [3.05, 3.63) is 24.3 Å². The fraction of sp³-hybridized carbons (Fsp3) is 0.878. The smallest absolute Gasteiger partial charge is 0.306 e. The molecule has 0 bridgehead atoms.